The summed E-state index contributed by atoms with van der Waals surface area (Å²) in [5.74, 6) is 0.958. The van der Waals surface area contributed by atoms with Gasteiger partial charge in [-0.1, -0.05) is 12.1 Å². The minimum Gasteiger partial charge on any atom is -0.374 e. The molecule has 0 bridgehead atoms. The lowest BCUT2D eigenvalue weighted by Gasteiger charge is -2.31. The number of benzene rings is 1. The number of hydrogen-bond donors (Lipinski definition) is 3. The molecular formula is C15H21N5. The van der Waals surface area contributed by atoms with Crippen LogP contribution in [0.15, 0.2) is 36.7 Å². The van der Waals surface area contributed by atoms with Crippen molar-refractivity contribution >= 4 is 11.4 Å². The van der Waals surface area contributed by atoms with Gasteiger partial charge in [0.1, 0.15) is 5.82 Å². The van der Waals surface area contributed by atoms with Crippen molar-refractivity contribution < 1.29 is 0 Å². The second kappa shape index (κ2) is 5.96. The van der Waals surface area contributed by atoms with Crippen molar-refractivity contribution in [2.75, 3.05) is 36.4 Å². The molecule has 1 aromatic heterocycles. The highest BCUT2D eigenvalue weighted by Gasteiger charge is 2.15. The number of piperazine rings is 1. The summed E-state index contributed by atoms with van der Waals surface area (Å²) >= 11 is 0. The summed E-state index contributed by atoms with van der Waals surface area (Å²) in [4.78, 5) is 9.90. The normalized spacial score (nSPS) is 16.9. The van der Waals surface area contributed by atoms with Crippen LogP contribution in [0.25, 0.3) is 0 Å². The zero-order chi connectivity index (χ0) is 13.8. The largest absolute Gasteiger partial charge is 0.374 e. The zero-order valence-electron chi connectivity index (χ0n) is 11.8. The van der Waals surface area contributed by atoms with Gasteiger partial charge in [0.2, 0.25) is 0 Å². The number of nitrogens with zero attached hydrogens (tertiary/aromatic N) is 2. The molecule has 3 rings (SSSR count). The molecule has 1 saturated heterocycles. The fraction of sp³-hybridized carbons (Fsp3) is 0.400. The maximum atomic E-state index is 4.31. The summed E-state index contributed by atoms with van der Waals surface area (Å²) in [6, 6.07) is 8.65. The highest BCUT2D eigenvalue weighted by atomic mass is 15.2. The molecule has 1 unspecified atom stereocenters. The molecule has 1 aliphatic heterocycles. The molecule has 5 nitrogen and oxygen atoms in total. The Bertz CT molecular complexity index is 531. The molecule has 0 spiro atoms. The third-order valence-corrected chi connectivity index (χ3v) is 3.66. The van der Waals surface area contributed by atoms with E-state index in [9.17, 15) is 0 Å². The Morgan fingerprint density at radius 1 is 1.25 bits per heavy atom. The number of aromatic amines is 1. The van der Waals surface area contributed by atoms with E-state index in [1.54, 1.807) is 6.20 Å². The van der Waals surface area contributed by atoms with E-state index in [0.717, 1.165) is 32.0 Å². The minimum absolute atomic E-state index is 0.161. The van der Waals surface area contributed by atoms with Crippen LogP contribution >= 0.6 is 0 Å². The predicted octanol–water partition coefficient (Wildman–Crippen LogP) is 1.99. The van der Waals surface area contributed by atoms with Crippen molar-refractivity contribution in [1.82, 2.24) is 15.3 Å². The molecule has 0 radical (unpaired) electrons. The lowest BCUT2D eigenvalue weighted by atomic mass is 10.2. The molecule has 2 heterocycles. The highest BCUT2D eigenvalue weighted by molar-refractivity contribution is 5.70. The Morgan fingerprint density at radius 3 is 2.80 bits per heavy atom. The molecule has 106 valence electrons. The second-order valence-electron chi connectivity index (χ2n) is 5.09. The van der Waals surface area contributed by atoms with Crippen molar-refractivity contribution in [1.29, 1.82) is 0 Å². The van der Waals surface area contributed by atoms with Gasteiger partial charge in [0.05, 0.1) is 17.4 Å². The van der Waals surface area contributed by atoms with Crippen LogP contribution in [-0.4, -0.2) is 36.1 Å². The van der Waals surface area contributed by atoms with E-state index in [1.165, 1.54) is 11.4 Å². The van der Waals surface area contributed by atoms with Crippen molar-refractivity contribution in [2.24, 2.45) is 0 Å². The Kier molecular flexibility index (Phi) is 3.87. The number of nitrogens with one attached hydrogen (secondary N) is 3. The van der Waals surface area contributed by atoms with Gasteiger partial charge in [-0.15, -0.1) is 0 Å². The maximum Gasteiger partial charge on any atom is 0.128 e. The fourth-order valence-corrected chi connectivity index (χ4v) is 2.59. The van der Waals surface area contributed by atoms with Gasteiger partial charge in [0, 0.05) is 38.6 Å². The van der Waals surface area contributed by atoms with Gasteiger partial charge in [-0.25, -0.2) is 4.98 Å². The molecule has 0 saturated carbocycles. The van der Waals surface area contributed by atoms with Gasteiger partial charge >= 0.3 is 0 Å². The molecule has 0 aliphatic carbocycles. The third-order valence-electron chi connectivity index (χ3n) is 3.66. The minimum atomic E-state index is 0.161. The number of imidazole rings is 1. The molecule has 1 fully saturated rings. The quantitative estimate of drug-likeness (QED) is 0.796. The van der Waals surface area contributed by atoms with E-state index in [0.29, 0.717) is 0 Å². The van der Waals surface area contributed by atoms with Crippen LogP contribution in [0.5, 0.6) is 0 Å². The maximum absolute atomic E-state index is 4.31. The van der Waals surface area contributed by atoms with Crippen molar-refractivity contribution in [3.63, 3.8) is 0 Å². The van der Waals surface area contributed by atoms with Gasteiger partial charge in [0.25, 0.3) is 0 Å². The molecule has 2 aromatic rings. The highest BCUT2D eigenvalue weighted by Crippen LogP contribution is 2.28. The molecule has 3 N–H and O–H groups in total. The topological polar surface area (TPSA) is 56.0 Å². The first-order valence-corrected chi connectivity index (χ1v) is 7.15. The summed E-state index contributed by atoms with van der Waals surface area (Å²) in [6.07, 6.45) is 3.64. The summed E-state index contributed by atoms with van der Waals surface area (Å²) in [7, 11) is 0. The fourth-order valence-electron chi connectivity index (χ4n) is 2.59. The molecule has 5 heteroatoms. The third kappa shape index (κ3) is 2.77. The molecular weight excluding hydrogens is 250 g/mol. The first kappa shape index (κ1) is 13.0. The number of aromatic nitrogens is 2. The number of anilines is 2. The van der Waals surface area contributed by atoms with Crippen LogP contribution < -0.4 is 15.5 Å². The number of hydrogen-bond acceptors (Lipinski definition) is 4. The Labute approximate surface area is 119 Å². The van der Waals surface area contributed by atoms with E-state index in [-0.39, 0.29) is 6.04 Å². The number of rotatable bonds is 4. The first-order chi connectivity index (χ1) is 9.84. The van der Waals surface area contributed by atoms with E-state index in [1.807, 2.05) is 6.20 Å². The van der Waals surface area contributed by atoms with Crippen LogP contribution in [0, 0.1) is 0 Å². The Morgan fingerprint density at radius 2 is 2.05 bits per heavy atom. The lowest BCUT2D eigenvalue weighted by molar-refractivity contribution is 0.589. The van der Waals surface area contributed by atoms with Gasteiger partial charge in [-0.05, 0) is 19.1 Å². The zero-order valence-corrected chi connectivity index (χ0v) is 11.8. The van der Waals surface area contributed by atoms with Crippen LogP contribution in [0.4, 0.5) is 11.4 Å². The average molecular weight is 271 g/mol. The number of para-hydroxylation sites is 2. The van der Waals surface area contributed by atoms with Gasteiger partial charge < -0.3 is 20.5 Å². The van der Waals surface area contributed by atoms with Gasteiger partial charge in [-0.3, -0.25) is 0 Å². The van der Waals surface area contributed by atoms with Crippen LogP contribution in [0.1, 0.15) is 18.8 Å². The molecule has 0 amide bonds. The molecule has 20 heavy (non-hydrogen) atoms. The summed E-state index contributed by atoms with van der Waals surface area (Å²) < 4.78 is 0. The monoisotopic (exact) mass is 271 g/mol. The van der Waals surface area contributed by atoms with Crippen LogP contribution in [0.2, 0.25) is 0 Å². The van der Waals surface area contributed by atoms with Crippen molar-refractivity contribution in [3.05, 3.63) is 42.5 Å². The average Bonchev–Trinajstić information content (AvgIpc) is 3.03. The van der Waals surface area contributed by atoms with Crippen molar-refractivity contribution in [3.8, 4) is 0 Å². The SMILES string of the molecule is CC(Nc1ccccc1N1CCNCC1)c1ncc[nH]1. The number of H-pyrrole nitrogens is 1. The van der Waals surface area contributed by atoms with Gasteiger partial charge in [-0.2, -0.15) is 0 Å². The smallest absolute Gasteiger partial charge is 0.128 e. The van der Waals surface area contributed by atoms with E-state index >= 15 is 0 Å². The van der Waals surface area contributed by atoms with Gasteiger partial charge in [0.15, 0.2) is 0 Å². The second-order valence-corrected chi connectivity index (χ2v) is 5.09. The van der Waals surface area contributed by atoms with Crippen LogP contribution in [0.3, 0.4) is 0 Å². The molecule has 1 atom stereocenters. The van der Waals surface area contributed by atoms with E-state index in [4.69, 9.17) is 0 Å². The van der Waals surface area contributed by atoms with E-state index in [2.05, 4.69) is 56.7 Å². The summed E-state index contributed by atoms with van der Waals surface area (Å²) in [5, 5.41) is 6.94. The molecule has 1 aliphatic rings. The van der Waals surface area contributed by atoms with E-state index < -0.39 is 0 Å². The lowest BCUT2D eigenvalue weighted by Crippen LogP contribution is -2.43. The Hall–Kier alpha value is -2.01. The molecule has 1 aromatic carbocycles. The standard InChI is InChI=1S/C15H21N5/c1-12(15-17-6-7-18-15)19-13-4-2-3-5-14(13)20-10-8-16-9-11-20/h2-7,12,16,19H,8-11H2,1H3,(H,17,18). The predicted molar refractivity (Wildman–Crippen MR) is 82.2 cm³/mol. The van der Waals surface area contributed by atoms with Crippen molar-refractivity contribution in [2.45, 2.75) is 13.0 Å². The summed E-state index contributed by atoms with van der Waals surface area (Å²) in [6.45, 7) is 6.30. The first-order valence-electron chi connectivity index (χ1n) is 7.15. The summed E-state index contributed by atoms with van der Waals surface area (Å²) in [5.41, 5.74) is 2.44. The Balaban J connectivity index is 1.78. The van der Waals surface area contributed by atoms with Crippen LogP contribution in [-0.2, 0) is 0 Å².